The number of fused-ring (bicyclic) bond motifs is 10. The van der Waals surface area contributed by atoms with E-state index < -0.39 is 0 Å². The molecule has 0 aliphatic heterocycles. The molecule has 0 aliphatic carbocycles. The molecular weight excluding hydrogens is 725 g/mol. The molecule has 4 heterocycles. The highest BCUT2D eigenvalue weighted by Gasteiger charge is 2.15. The van der Waals surface area contributed by atoms with Gasteiger partial charge in [0, 0.05) is 50.4 Å². The first kappa shape index (κ1) is 31.1. The van der Waals surface area contributed by atoms with Gasteiger partial charge in [0.05, 0.1) is 11.0 Å². The smallest absolute Gasteiger partial charge is 0.143 e. The van der Waals surface area contributed by atoms with Crippen molar-refractivity contribution in [2.45, 2.75) is 0 Å². The van der Waals surface area contributed by atoms with Crippen LogP contribution in [0.1, 0.15) is 0 Å². The summed E-state index contributed by atoms with van der Waals surface area (Å²) < 4.78 is 6.52. The van der Waals surface area contributed by atoms with Gasteiger partial charge in [-0.15, -0.1) is 34.0 Å². The third kappa shape index (κ3) is 4.98. The fraction of sp³-hybridized carbons (Fsp3) is 0. The molecule has 0 atom stereocenters. The Balaban J connectivity index is 0.909. The summed E-state index contributed by atoms with van der Waals surface area (Å²) in [6, 6.07) is 61.9. The van der Waals surface area contributed by atoms with Crippen LogP contribution in [0.25, 0.3) is 116 Å². The molecule has 0 amide bonds. The van der Waals surface area contributed by atoms with E-state index in [1.807, 2.05) is 22.7 Å². The van der Waals surface area contributed by atoms with Crippen molar-refractivity contribution in [3.05, 3.63) is 170 Å². The SMILES string of the molecule is c1cc(-c2ccc3nc4sc5cc(-c6cccc(-c7cccc8c7sc7ccccc78)c6)ccc5c4nc3c2)cc(-c2cccc3c2sc2ccccc23)c1. The van der Waals surface area contributed by atoms with Crippen molar-refractivity contribution in [3.63, 3.8) is 0 Å². The second-order valence-corrected chi connectivity index (χ2v) is 17.3. The topological polar surface area (TPSA) is 25.8 Å². The van der Waals surface area contributed by atoms with Gasteiger partial charge in [-0.3, -0.25) is 0 Å². The molecule has 0 N–H and O–H groups in total. The lowest BCUT2D eigenvalue weighted by atomic mass is 9.97. The van der Waals surface area contributed by atoms with Crippen LogP contribution in [0, 0.1) is 0 Å². The van der Waals surface area contributed by atoms with Gasteiger partial charge < -0.3 is 0 Å². The minimum atomic E-state index is 0.911. The Morgan fingerprint density at radius 3 is 1.49 bits per heavy atom. The van der Waals surface area contributed by atoms with Gasteiger partial charge in [0.1, 0.15) is 10.3 Å². The highest BCUT2D eigenvalue weighted by molar-refractivity contribution is 7.27. The summed E-state index contributed by atoms with van der Waals surface area (Å²) >= 11 is 5.47. The Bertz CT molecular complexity index is 3510. The molecule has 55 heavy (non-hydrogen) atoms. The van der Waals surface area contributed by atoms with Gasteiger partial charge in [0.2, 0.25) is 0 Å². The van der Waals surface area contributed by atoms with E-state index in [0.717, 1.165) is 32.3 Å². The lowest BCUT2D eigenvalue weighted by Crippen LogP contribution is -1.87. The van der Waals surface area contributed by atoms with Gasteiger partial charge in [0.15, 0.2) is 0 Å². The average Bonchev–Trinajstić information content (AvgIpc) is 3.93. The Hall–Kier alpha value is -6.24. The molecule has 0 aliphatic rings. The zero-order valence-corrected chi connectivity index (χ0v) is 31.7. The molecule has 12 aromatic rings. The van der Waals surface area contributed by atoms with Crippen LogP contribution in [0.5, 0.6) is 0 Å². The fourth-order valence-electron chi connectivity index (χ4n) is 8.23. The van der Waals surface area contributed by atoms with Crippen LogP contribution in [0.4, 0.5) is 0 Å². The van der Waals surface area contributed by atoms with Gasteiger partial charge in [-0.25, -0.2) is 9.97 Å². The summed E-state index contributed by atoms with van der Waals surface area (Å²) in [6.07, 6.45) is 0. The van der Waals surface area contributed by atoms with Crippen LogP contribution in [0.2, 0.25) is 0 Å². The summed E-state index contributed by atoms with van der Waals surface area (Å²) in [7, 11) is 0. The van der Waals surface area contributed by atoms with E-state index in [9.17, 15) is 0 Å². The van der Waals surface area contributed by atoms with Crippen molar-refractivity contribution in [1.29, 1.82) is 0 Å². The van der Waals surface area contributed by atoms with E-state index >= 15 is 0 Å². The van der Waals surface area contributed by atoms with Crippen LogP contribution in [0.3, 0.4) is 0 Å². The first-order chi connectivity index (χ1) is 27.2. The molecule has 0 saturated carbocycles. The first-order valence-corrected chi connectivity index (χ1v) is 20.8. The highest BCUT2D eigenvalue weighted by Crippen LogP contribution is 2.43. The van der Waals surface area contributed by atoms with E-state index in [2.05, 4.69) is 170 Å². The molecule has 0 radical (unpaired) electrons. The average molecular weight is 753 g/mol. The molecule has 5 heteroatoms. The number of benzene rings is 8. The number of hydrogen-bond donors (Lipinski definition) is 0. The van der Waals surface area contributed by atoms with Crippen molar-refractivity contribution in [1.82, 2.24) is 9.97 Å². The maximum Gasteiger partial charge on any atom is 0.143 e. The lowest BCUT2D eigenvalue weighted by Gasteiger charge is -2.08. The van der Waals surface area contributed by atoms with Crippen molar-refractivity contribution >= 4 is 106 Å². The van der Waals surface area contributed by atoms with E-state index in [0.29, 0.717) is 0 Å². The molecule has 2 nitrogen and oxygen atoms in total. The van der Waals surface area contributed by atoms with Gasteiger partial charge in [-0.2, -0.15) is 0 Å². The third-order valence-corrected chi connectivity index (χ3v) is 14.4. The molecule has 0 saturated heterocycles. The highest BCUT2D eigenvalue weighted by atomic mass is 32.1. The zero-order valence-electron chi connectivity index (χ0n) is 29.3. The largest absolute Gasteiger partial charge is 0.243 e. The minimum Gasteiger partial charge on any atom is -0.243 e. The maximum atomic E-state index is 5.25. The Kier molecular flexibility index (Phi) is 6.87. The number of rotatable bonds is 4. The van der Waals surface area contributed by atoms with Crippen molar-refractivity contribution in [2.24, 2.45) is 0 Å². The molecule has 0 spiro atoms. The van der Waals surface area contributed by atoms with Gasteiger partial charge in [-0.05, 0) is 87.0 Å². The summed E-state index contributed by atoms with van der Waals surface area (Å²) in [4.78, 5) is 11.4. The Labute approximate surface area is 328 Å². The Morgan fingerprint density at radius 1 is 0.309 bits per heavy atom. The van der Waals surface area contributed by atoms with Crippen molar-refractivity contribution in [2.75, 3.05) is 0 Å². The Morgan fingerprint density at radius 2 is 0.836 bits per heavy atom. The lowest BCUT2D eigenvalue weighted by molar-refractivity contribution is 1.43. The summed E-state index contributed by atoms with van der Waals surface area (Å²) in [5.41, 5.74) is 12.5. The zero-order chi connectivity index (χ0) is 36.0. The van der Waals surface area contributed by atoms with Crippen LogP contribution >= 0.6 is 34.0 Å². The standard InChI is InChI=1S/C50H28N2S3/c1-3-19-44-37(13-1)39-17-7-15-35(48(39)53-44)33-11-5-9-29(25-33)31-22-24-42-43(27-31)51-47-41-23-21-32(28-46(41)55-50(47)52-42)30-10-6-12-34(26-30)36-16-8-18-40-38-14-2-4-20-45(38)54-49(36)40/h1-28H. The van der Waals surface area contributed by atoms with Gasteiger partial charge in [-0.1, -0.05) is 127 Å². The van der Waals surface area contributed by atoms with Gasteiger partial charge in [0.25, 0.3) is 0 Å². The molecule has 0 unspecified atom stereocenters. The third-order valence-electron chi connectivity index (χ3n) is 10.9. The van der Waals surface area contributed by atoms with E-state index in [1.54, 1.807) is 11.3 Å². The second kappa shape index (κ2) is 12.1. The second-order valence-electron chi connectivity index (χ2n) is 14.1. The van der Waals surface area contributed by atoms with Crippen LogP contribution in [-0.2, 0) is 0 Å². The summed E-state index contributed by atoms with van der Waals surface area (Å²) in [6.45, 7) is 0. The van der Waals surface area contributed by atoms with E-state index in [1.165, 1.54) is 84.0 Å². The van der Waals surface area contributed by atoms with E-state index in [-0.39, 0.29) is 0 Å². The number of thiophene rings is 3. The van der Waals surface area contributed by atoms with Crippen molar-refractivity contribution < 1.29 is 0 Å². The minimum absolute atomic E-state index is 0.911. The van der Waals surface area contributed by atoms with Crippen molar-refractivity contribution in [3.8, 4) is 44.5 Å². The van der Waals surface area contributed by atoms with Crippen LogP contribution in [0.15, 0.2) is 170 Å². The van der Waals surface area contributed by atoms with Gasteiger partial charge >= 0.3 is 0 Å². The fourth-order valence-corrected chi connectivity index (χ4v) is 11.8. The molecule has 4 aromatic heterocycles. The monoisotopic (exact) mass is 752 g/mol. The first-order valence-electron chi connectivity index (χ1n) is 18.4. The normalized spacial score (nSPS) is 12.0. The molecule has 256 valence electrons. The predicted molar refractivity (Wildman–Crippen MR) is 240 cm³/mol. The molecule has 8 aromatic carbocycles. The summed E-state index contributed by atoms with van der Waals surface area (Å²) in [5, 5.41) is 6.44. The van der Waals surface area contributed by atoms with Crippen LogP contribution in [-0.4, -0.2) is 9.97 Å². The summed E-state index contributed by atoms with van der Waals surface area (Å²) in [5.74, 6) is 0. The molecule has 0 bridgehead atoms. The molecule has 0 fully saturated rings. The molecule has 12 rings (SSSR count). The van der Waals surface area contributed by atoms with Crippen LogP contribution < -0.4 is 0 Å². The maximum absolute atomic E-state index is 5.25. The number of hydrogen-bond acceptors (Lipinski definition) is 5. The number of aromatic nitrogens is 2. The van der Waals surface area contributed by atoms with E-state index in [4.69, 9.17) is 9.97 Å². The molecular formula is C50H28N2S3. The predicted octanol–water partition coefficient (Wildman–Crippen LogP) is 15.4. The quantitative estimate of drug-likeness (QED) is 0.179. The number of nitrogens with zero attached hydrogens (tertiary/aromatic N) is 2.